The summed E-state index contributed by atoms with van der Waals surface area (Å²) in [6.45, 7) is 2.00. The minimum atomic E-state index is 0.140. The van der Waals surface area contributed by atoms with Gasteiger partial charge in [0.15, 0.2) is 5.78 Å². The van der Waals surface area contributed by atoms with Crippen molar-refractivity contribution < 1.29 is 4.79 Å². The fraction of sp³-hybridized carbons (Fsp3) is 0.105. The summed E-state index contributed by atoms with van der Waals surface area (Å²) in [5.74, 6) is 0.140. The summed E-state index contributed by atoms with van der Waals surface area (Å²) in [5.41, 5.74) is 2.88. The third-order valence-corrected chi connectivity index (χ3v) is 4.72. The van der Waals surface area contributed by atoms with Crippen molar-refractivity contribution in [2.45, 2.75) is 13.3 Å². The molecule has 0 amide bonds. The number of Topliss-reactive ketones (excluding diaryl/α,β-unsaturated/α-hetero) is 1. The molecule has 0 spiro atoms. The van der Waals surface area contributed by atoms with Gasteiger partial charge in [-0.05, 0) is 44.8 Å². The quantitative estimate of drug-likeness (QED) is 0.589. The molecule has 3 rings (SSSR count). The van der Waals surface area contributed by atoms with Gasteiger partial charge >= 0.3 is 0 Å². The summed E-state index contributed by atoms with van der Waals surface area (Å²) in [7, 11) is 0. The minimum Gasteiger partial charge on any atom is -0.294 e. The summed E-state index contributed by atoms with van der Waals surface area (Å²) in [6, 6.07) is 20.2. The zero-order chi connectivity index (χ0) is 14.8. The first-order valence-electron chi connectivity index (χ1n) is 6.91. The van der Waals surface area contributed by atoms with E-state index in [4.69, 9.17) is 0 Å². The van der Waals surface area contributed by atoms with Crippen LogP contribution in [-0.4, -0.2) is 5.78 Å². The third-order valence-electron chi connectivity index (χ3n) is 3.67. The van der Waals surface area contributed by atoms with Crippen molar-refractivity contribution in [3.05, 3.63) is 81.8 Å². The van der Waals surface area contributed by atoms with Crippen LogP contribution in [0.4, 0.5) is 0 Å². The molecule has 104 valence electrons. The maximum absolute atomic E-state index is 12.5. The lowest BCUT2D eigenvalue weighted by atomic mass is 9.99. The third kappa shape index (κ3) is 2.91. The molecule has 0 heterocycles. The van der Waals surface area contributed by atoms with E-state index in [2.05, 4.69) is 40.2 Å². The van der Waals surface area contributed by atoms with Gasteiger partial charge in [0, 0.05) is 16.5 Å². The fourth-order valence-electron chi connectivity index (χ4n) is 2.49. The maximum Gasteiger partial charge on any atom is 0.168 e. The highest BCUT2D eigenvalue weighted by Crippen LogP contribution is 2.23. The number of hydrogen-bond donors (Lipinski definition) is 0. The van der Waals surface area contributed by atoms with Crippen molar-refractivity contribution in [1.29, 1.82) is 0 Å². The molecule has 0 fully saturated rings. The van der Waals surface area contributed by atoms with E-state index in [9.17, 15) is 4.79 Å². The number of fused-ring (bicyclic) bond motifs is 1. The van der Waals surface area contributed by atoms with Gasteiger partial charge in [-0.25, -0.2) is 0 Å². The van der Waals surface area contributed by atoms with E-state index in [-0.39, 0.29) is 5.78 Å². The van der Waals surface area contributed by atoms with E-state index in [1.807, 2.05) is 43.3 Å². The normalized spacial score (nSPS) is 10.8. The van der Waals surface area contributed by atoms with E-state index in [0.717, 1.165) is 21.2 Å². The van der Waals surface area contributed by atoms with Gasteiger partial charge in [0.05, 0.1) is 0 Å². The Kier molecular flexibility index (Phi) is 3.89. The van der Waals surface area contributed by atoms with Crippen molar-refractivity contribution in [3.63, 3.8) is 0 Å². The molecule has 0 aliphatic carbocycles. The van der Waals surface area contributed by atoms with Crippen LogP contribution >= 0.6 is 15.9 Å². The van der Waals surface area contributed by atoms with E-state index in [0.29, 0.717) is 6.42 Å². The number of ketones is 1. The van der Waals surface area contributed by atoms with Gasteiger partial charge in [-0.3, -0.25) is 4.79 Å². The lowest BCUT2D eigenvalue weighted by molar-refractivity contribution is 0.0992. The van der Waals surface area contributed by atoms with Gasteiger partial charge in [0.1, 0.15) is 0 Å². The first-order valence-corrected chi connectivity index (χ1v) is 7.70. The molecule has 0 atom stereocenters. The van der Waals surface area contributed by atoms with Crippen molar-refractivity contribution in [2.24, 2.45) is 0 Å². The minimum absolute atomic E-state index is 0.140. The number of hydrogen-bond acceptors (Lipinski definition) is 1. The molecule has 21 heavy (non-hydrogen) atoms. The van der Waals surface area contributed by atoms with E-state index < -0.39 is 0 Å². The molecule has 0 N–H and O–H groups in total. The van der Waals surface area contributed by atoms with Gasteiger partial charge in [-0.2, -0.15) is 0 Å². The topological polar surface area (TPSA) is 17.1 Å². The summed E-state index contributed by atoms with van der Waals surface area (Å²) >= 11 is 3.51. The average Bonchev–Trinajstić information content (AvgIpc) is 2.50. The molecule has 0 bridgehead atoms. The van der Waals surface area contributed by atoms with Crippen LogP contribution in [0, 0.1) is 6.92 Å². The van der Waals surface area contributed by atoms with Gasteiger partial charge in [0.25, 0.3) is 0 Å². The highest BCUT2D eigenvalue weighted by atomic mass is 79.9. The Morgan fingerprint density at radius 2 is 1.71 bits per heavy atom. The lowest BCUT2D eigenvalue weighted by Crippen LogP contribution is -2.05. The Morgan fingerprint density at radius 3 is 2.52 bits per heavy atom. The summed E-state index contributed by atoms with van der Waals surface area (Å²) in [6.07, 6.45) is 0.423. The van der Waals surface area contributed by atoms with Crippen LogP contribution in [0.15, 0.2) is 65.1 Å². The van der Waals surface area contributed by atoms with E-state index >= 15 is 0 Å². The second-order valence-corrected chi connectivity index (χ2v) is 6.01. The van der Waals surface area contributed by atoms with Gasteiger partial charge < -0.3 is 0 Å². The number of aryl methyl sites for hydroxylation is 1. The largest absolute Gasteiger partial charge is 0.294 e. The molecule has 3 aromatic carbocycles. The van der Waals surface area contributed by atoms with Crippen LogP contribution in [0.5, 0.6) is 0 Å². The van der Waals surface area contributed by atoms with Gasteiger partial charge in [0.2, 0.25) is 0 Å². The molecule has 0 aliphatic rings. The van der Waals surface area contributed by atoms with E-state index in [1.54, 1.807) is 0 Å². The van der Waals surface area contributed by atoms with E-state index in [1.165, 1.54) is 10.8 Å². The van der Waals surface area contributed by atoms with Crippen molar-refractivity contribution >= 4 is 32.5 Å². The Morgan fingerprint density at radius 1 is 0.952 bits per heavy atom. The maximum atomic E-state index is 12.5. The Balaban J connectivity index is 1.91. The molecule has 1 nitrogen and oxygen atoms in total. The second-order valence-electron chi connectivity index (χ2n) is 5.22. The fourth-order valence-corrected chi connectivity index (χ4v) is 2.98. The first-order chi connectivity index (χ1) is 10.1. The molecule has 0 radical (unpaired) electrons. The van der Waals surface area contributed by atoms with Crippen molar-refractivity contribution in [1.82, 2.24) is 0 Å². The summed E-state index contributed by atoms with van der Waals surface area (Å²) in [4.78, 5) is 12.5. The Labute approximate surface area is 132 Å². The number of carbonyl (C=O) groups is 1. The van der Waals surface area contributed by atoms with Crippen LogP contribution < -0.4 is 0 Å². The highest BCUT2D eigenvalue weighted by Gasteiger charge is 2.12. The van der Waals surface area contributed by atoms with Crippen LogP contribution in [0.25, 0.3) is 10.8 Å². The van der Waals surface area contributed by atoms with Crippen molar-refractivity contribution in [3.8, 4) is 0 Å². The highest BCUT2D eigenvalue weighted by molar-refractivity contribution is 9.10. The predicted octanol–water partition coefficient (Wildman–Crippen LogP) is 5.34. The number of benzene rings is 3. The number of carbonyl (C=O) groups excluding carboxylic acids is 1. The molecular formula is C19H15BrO. The molecule has 0 aliphatic heterocycles. The SMILES string of the molecule is Cc1cccc(C(=O)Cc2ccc3ccccc3c2)c1Br. The standard InChI is InChI=1S/C19H15BrO/c1-13-5-4-8-17(19(13)20)18(21)12-14-9-10-15-6-2-3-7-16(15)11-14/h2-11H,12H2,1H3. The predicted molar refractivity (Wildman–Crippen MR) is 90.9 cm³/mol. The number of rotatable bonds is 3. The number of halogens is 1. The molecule has 0 aromatic heterocycles. The monoisotopic (exact) mass is 338 g/mol. The lowest BCUT2D eigenvalue weighted by Gasteiger charge is -2.07. The van der Waals surface area contributed by atoms with Crippen LogP contribution in [0.1, 0.15) is 21.5 Å². The summed E-state index contributed by atoms with van der Waals surface area (Å²) < 4.78 is 0.899. The van der Waals surface area contributed by atoms with Gasteiger partial charge in [-0.1, -0.05) is 60.7 Å². The zero-order valence-corrected chi connectivity index (χ0v) is 13.4. The second kappa shape index (κ2) is 5.82. The smallest absolute Gasteiger partial charge is 0.168 e. The molecule has 2 heteroatoms. The molecule has 3 aromatic rings. The molecule has 0 saturated carbocycles. The average molecular weight is 339 g/mol. The zero-order valence-electron chi connectivity index (χ0n) is 11.8. The summed E-state index contributed by atoms with van der Waals surface area (Å²) in [5, 5.41) is 2.37. The molecular weight excluding hydrogens is 324 g/mol. The molecule has 0 saturated heterocycles. The van der Waals surface area contributed by atoms with Crippen LogP contribution in [-0.2, 0) is 6.42 Å². The Bertz CT molecular complexity index is 821. The van der Waals surface area contributed by atoms with Crippen molar-refractivity contribution in [2.75, 3.05) is 0 Å². The van der Waals surface area contributed by atoms with Crippen LogP contribution in [0.2, 0.25) is 0 Å². The van der Waals surface area contributed by atoms with Gasteiger partial charge in [-0.15, -0.1) is 0 Å². The molecule has 0 unspecified atom stereocenters. The first kappa shape index (κ1) is 14.0. The van der Waals surface area contributed by atoms with Crippen LogP contribution in [0.3, 0.4) is 0 Å². The Hall–Kier alpha value is -1.93.